The summed E-state index contributed by atoms with van der Waals surface area (Å²) in [6.45, 7) is 1.38. The van der Waals surface area contributed by atoms with Crippen molar-refractivity contribution < 1.29 is 4.39 Å². The van der Waals surface area contributed by atoms with Crippen molar-refractivity contribution in [2.75, 3.05) is 6.54 Å². The normalized spacial score (nSPS) is 14.3. The highest BCUT2D eigenvalue weighted by molar-refractivity contribution is 5.55. The Hall–Kier alpha value is -2.01. The third-order valence-electron chi connectivity index (χ3n) is 3.06. The van der Waals surface area contributed by atoms with E-state index >= 15 is 0 Å². The van der Waals surface area contributed by atoms with Crippen LogP contribution >= 0.6 is 0 Å². The number of hydrogen-bond donors (Lipinski definition) is 2. The summed E-state index contributed by atoms with van der Waals surface area (Å²) in [6.07, 6.45) is 0.744. The van der Waals surface area contributed by atoms with Crippen molar-refractivity contribution in [1.29, 1.82) is 0 Å². The Balaban J connectivity index is 2.11. The lowest BCUT2D eigenvalue weighted by Gasteiger charge is -2.15. The molecule has 2 heterocycles. The molecule has 2 aromatic rings. The predicted octanol–water partition coefficient (Wildman–Crippen LogP) is 1.22. The van der Waals surface area contributed by atoms with Gasteiger partial charge in [-0.05, 0) is 24.3 Å². The molecule has 0 radical (unpaired) electrons. The van der Waals surface area contributed by atoms with Crippen molar-refractivity contribution in [3.63, 3.8) is 0 Å². The van der Waals surface area contributed by atoms with Crippen LogP contribution in [0.15, 0.2) is 29.1 Å². The monoisotopic (exact) mass is 245 g/mol. The number of aromatic amines is 1. The van der Waals surface area contributed by atoms with Crippen molar-refractivity contribution in [2.45, 2.75) is 13.0 Å². The first-order valence-corrected chi connectivity index (χ1v) is 5.83. The molecule has 1 aliphatic rings. The standard InChI is InChI=1S/C13H12FN3O/c14-9-3-1-8(2-4-9)12-16-11-5-6-15-7-10(11)13(18)17-12/h1-4,15H,5-7H2,(H,16,17,18). The Morgan fingerprint density at radius 3 is 2.78 bits per heavy atom. The van der Waals surface area contributed by atoms with E-state index in [0.717, 1.165) is 24.2 Å². The molecule has 1 aromatic heterocycles. The van der Waals surface area contributed by atoms with E-state index in [-0.39, 0.29) is 11.4 Å². The molecule has 0 saturated carbocycles. The average Bonchev–Trinajstić information content (AvgIpc) is 2.39. The summed E-state index contributed by atoms with van der Waals surface area (Å²) in [6, 6.07) is 5.94. The van der Waals surface area contributed by atoms with Gasteiger partial charge in [0.15, 0.2) is 0 Å². The van der Waals surface area contributed by atoms with Crippen LogP contribution in [-0.2, 0) is 13.0 Å². The fourth-order valence-corrected chi connectivity index (χ4v) is 2.10. The average molecular weight is 245 g/mol. The number of aromatic nitrogens is 2. The number of rotatable bonds is 1. The van der Waals surface area contributed by atoms with E-state index in [4.69, 9.17) is 0 Å². The van der Waals surface area contributed by atoms with Gasteiger partial charge in [-0.3, -0.25) is 4.79 Å². The molecule has 2 N–H and O–H groups in total. The smallest absolute Gasteiger partial charge is 0.255 e. The second-order valence-corrected chi connectivity index (χ2v) is 4.27. The summed E-state index contributed by atoms with van der Waals surface area (Å²) in [7, 11) is 0. The van der Waals surface area contributed by atoms with Crippen LogP contribution in [-0.4, -0.2) is 16.5 Å². The van der Waals surface area contributed by atoms with Crippen LogP contribution in [0.5, 0.6) is 0 Å². The minimum Gasteiger partial charge on any atom is -0.312 e. The van der Waals surface area contributed by atoms with Crippen molar-refractivity contribution in [1.82, 2.24) is 15.3 Å². The lowest BCUT2D eigenvalue weighted by Crippen LogP contribution is -2.31. The van der Waals surface area contributed by atoms with Gasteiger partial charge in [0.2, 0.25) is 0 Å². The van der Waals surface area contributed by atoms with Gasteiger partial charge >= 0.3 is 0 Å². The van der Waals surface area contributed by atoms with Gasteiger partial charge in [-0.25, -0.2) is 9.37 Å². The van der Waals surface area contributed by atoms with Crippen LogP contribution in [0.3, 0.4) is 0 Å². The van der Waals surface area contributed by atoms with Crippen LogP contribution in [0, 0.1) is 5.82 Å². The van der Waals surface area contributed by atoms with Gasteiger partial charge in [-0.15, -0.1) is 0 Å². The van der Waals surface area contributed by atoms with Gasteiger partial charge in [-0.1, -0.05) is 0 Å². The van der Waals surface area contributed by atoms with E-state index in [2.05, 4.69) is 15.3 Å². The quantitative estimate of drug-likeness (QED) is 0.794. The summed E-state index contributed by atoms with van der Waals surface area (Å²) in [5.74, 6) is 0.198. The lowest BCUT2D eigenvalue weighted by molar-refractivity contribution is 0.621. The van der Waals surface area contributed by atoms with E-state index in [0.29, 0.717) is 17.9 Å². The maximum atomic E-state index is 12.9. The largest absolute Gasteiger partial charge is 0.312 e. The molecule has 0 aliphatic carbocycles. The lowest BCUT2D eigenvalue weighted by atomic mass is 10.1. The second-order valence-electron chi connectivity index (χ2n) is 4.27. The summed E-state index contributed by atoms with van der Waals surface area (Å²) in [5.41, 5.74) is 2.13. The van der Waals surface area contributed by atoms with Crippen molar-refractivity contribution in [2.24, 2.45) is 0 Å². The molecular formula is C13H12FN3O. The Morgan fingerprint density at radius 1 is 1.22 bits per heavy atom. The van der Waals surface area contributed by atoms with Crippen molar-refractivity contribution in [3.05, 3.63) is 51.7 Å². The number of halogens is 1. The molecule has 4 nitrogen and oxygen atoms in total. The molecule has 0 spiro atoms. The number of hydrogen-bond acceptors (Lipinski definition) is 3. The zero-order chi connectivity index (χ0) is 12.5. The van der Waals surface area contributed by atoms with Crippen molar-refractivity contribution >= 4 is 0 Å². The molecule has 1 aliphatic heterocycles. The van der Waals surface area contributed by atoms with Gasteiger partial charge in [0.1, 0.15) is 11.6 Å². The molecule has 0 saturated heterocycles. The Labute approximate surface area is 103 Å². The predicted molar refractivity (Wildman–Crippen MR) is 65.7 cm³/mol. The summed E-state index contributed by atoms with van der Waals surface area (Å²) < 4.78 is 12.9. The number of nitrogens with zero attached hydrogens (tertiary/aromatic N) is 1. The van der Waals surface area contributed by atoms with Gasteiger partial charge < -0.3 is 10.3 Å². The highest BCUT2D eigenvalue weighted by Gasteiger charge is 2.15. The first-order chi connectivity index (χ1) is 8.74. The van der Waals surface area contributed by atoms with E-state index in [1.165, 1.54) is 12.1 Å². The molecule has 0 amide bonds. The zero-order valence-corrected chi connectivity index (χ0v) is 9.66. The third-order valence-corrected chi connectivity index (χ3v) is 3.06. The fraction of sp³-hybridized carbons (Fsp3) is 0.231. The summed E-state index contributed by atoms with van der Waals surface area (Å²) in [5, 5.41) is 3.14. The molecule has 0 bridgehead atoms. The maximum absolute atomic E-state index is 12.9. The van der Waals surface area contributed by atoms with Crippen LogP contribution < -0.4 is 10.9 Å². The number of benzene rings is 1. The van der Waals surface area contributed by atoms with Crippen LogP contribution in [0.25, 0.3) is 11.4 Å². The van der Waals surface area contributed by atoms with Crippen LogP contribution in [0.1, 0.15) is 11.3 Å². The van der Waals surface area contributed by atoms with E-state index in [1.54, 1.807) is 12.1 Å². The topological polar surface area (TPSA) is 57.8 Å². The Kier molecular flexibility index (Phi) is 2.68. The summed E-state index contributed by atoms with van der Waals surface area (Å²) >= 11 is 0. The molecular weight excluding hydrogens is 233 g/mol. The number of nitrogens with one attached hydrogen (secondary N) is 2. The number of H-pyrrole nitrogens is 1. The second kappa shape index (κ2) is 4.34. The maximum Gasteiger partial charge on any atom is 0.255 e. The SMILES string of the molecule is O=c1[nH]c(-c2ccc(F)cc2)nc2c1CNCC2. The highest BCUT2D eigenvalue weighted by Crippen LogP contribution is 2.16. The molecule has 0 fully saturated rings. The minimum absolute atomic E-state index is 0.119. The molecule has 0 atom stereocenters. The number of fused-ring (bicyclic) bond motifs is 1. The molecule has 1 aromatic carbocycles. The molecule has 92 valence electrons. The van der Waals surface area contributed by atoms with Crippen LogP contribution in [0.4, 0.5) is 4.39 Å². The molecule has 3 rings (SSSR count). The molecule has 5 heteroatoms. The van der Waals surface area contributed by atoms with E-state index < -0.39 is 0 Å². The molecule has 0 unspecified atom stereocenters. The van der Waals surface area contributed by atoms with Gasteiger partial charge in [0, 0.05) is 25.1 Å². The first kappa shape index (κ1) is 11.1. The first-order valence-electron chi connectivity index (χ1n) is 5.83. The van der Waals surface area contributed by atoms with E-state index in [1.807, 2.05) is 0 Å². The van der Waals surface area contributed by atoms with Gasteiger partial charge in [0.25, 0.3) is 5.56 Å². The van der Waals surface area contributed by atoms with Gasteiger partial charge in [0.05, 0.1) is 11.3 Å². The third kappa shape index (κ3) is 1.93. The van der Waals surface area contributed by atoms with E-state index in [9.17, 15) is 9.18 Å². The fourth-order valence-electron chi connectivity index (χ4n) is 2.10. The Bertz CT molecular complexity index is 634. The Morgan fingerprint density at radius 2 is 2.00 bits per heavy atom. The minimum atomic E-state index is -0.303. The highest BCUT2D eigenvalue weighted by atomic mass is 19.1. The molecule has 18 heavy (non-hydrogen) atoms. The summed E-state index contributed by atoms with van der Waals surface area (Å²) in [4.78, 5) is 19.1. The zero-order valence-electron chi connectivity index (χ0n) is 9.66. The van der Waals surface area contributed by atoms with Crippen molar-refractivity contribution in [3.8, 4) is 11.4 Å². The van der Waals surface area contributed by atoms with Crippen LogP contribution in [0.2, 0.25) is 0 Å². The van der Waals surface area contributed by atoms with Gasteiger partial charge in [-0.2, -0.15) is 0 Å².